The van der Waals surface area contributed by atoms with Crippen LogP contribution in [0.15, 0.2) is 35.8 Å². The van der Waals surface area contributed by atoms with Crippen LogP contribution in [0.2, 0.25) is 0 Å². The van der Waals surface area contributed by atoms with Gasteiger partial charge in [0, 0.05) is 29.4 Å². The molecule has 1 saturated heterocycles. The summed E-state index contributed by atoms with van der Waals surface area (Å²) in [4.78, 5) is 4.32. The van der Waals surface area contributed by atoms with Crippen LogP contribution >= 0.6 is 23.1 Å². The Hall–Kier alpha value is -1.00. The number of aromatic nitrogens is 1. The number of thiazole rings is 1. The molecule has 1 aliphatic rings. The Kier molecular flexibility index (Phi) is 3.86. The molecular formula is C14H16N2S2. The molecule has 0 spiro atoms. The second-order valence-electron chi connectivity index (χ2n) is 4.53. The number of anilines is 1. The molecular weight excluding hydrogens is 260 g/mol. The zero-order valence-corrected chi connectivity index (χ0v) is 11.8. The lowest BCUT2D eigenvalue weighted by Gasteiger charge is -2.11. The molecule has 0 aliphatic carbocycles. The highest BCUT2D eigenvalue weighted by atomic mass is 32.2. The first-order valence-corrected chi connectivity index (χ1v) is 8.27. The standard InChI is InChI=1S/C14H16N2S2/c1-3-13(16-9-11-5-7-17-10-11)4-2-12(1)14-15-6-8-18-14/h1-4,6,8,11,16H,5,7,9-10H2. The van der Waals surface area contributed by atoms with Gasteiger partial charge in [0.05, 0.1) is 0 Å². The van der Waals surface area contributed by atoms with Crippen molar-refractivity contribution in [1.82, 2.24) is 4.98 Å². The number of hydrogen-bond donors (Lipinski definition) is 1. The van der Waals surface area contributed by atoms with Crippen LogP contribution in [0.25, 0.3) is 10.6 Å². The van der Waals surface area contributed by atoms with Crippen LogP contribution in [0.4, 0.5) is 5.69 Å². The van der Waals surface area contributed by atoms with Crippen molar-refractivity contribution in [2.45, 2.75) is 6.42 Å². The highest BCUT2D eigenvalue weighted by Crippen LogP contribution is 2.25. The maximum absolute atomic E-state index is 4.32. The molecule has 1 aromatic heterocycles. The molecule has 1 fully saturated rings. The molecule has 1 aromatic carbocycles. The molecule has 0 amide bonds. The molecule has 3 rings (SSSR count). The van der Waals surface area contributed by atoms with Crippen molar-refractivity contribution >= 4 is 28.8 Å². The van der Waals surface area contributed by atoms with Crippen molar-refractivity contribution in [3.63, 3.8) is 0 Å². The molecule has 18 heavy (non-hydrogen) atoms. The first-order chi connectivity index (χ1) is 8.92. The van der Waals surface area contributed by atoms with Crippen LogP contribution in [0.1, 0.15) is 6.42 Å². The normalized spacial score (nSPS) is 19.0. The maximum Gasteiger partial charge on any atom is 0.123 e. The van der Waals surface area contributed by atoms with E-state index in [9.17, 15) is 0 Å². The van der Waals surface area contributed by atoms with Gasteiger partial charge in [0.1, 0.15) is 5.01 Å². The summed E-state index contributed by atoms with van der Waals surface area (Å²) in [5, 5.41) is 6.63. The van der Waals surface area contributed by atoms with E-state index < -0.39 is 0 Å². The number of benzene rings is 1. The van der Waals surface area contributed by atoms with E-state index in [2.05, 4.69) is 46.3 Å². The highest BCUT2D eigenvalue weighted by Gasteiger charge is 2.14. The van der Waals surface area contributed by atoms with E-state index in [1.807, 2.05) is 11.6 Å². The molecule has 0 radical (unpaired) electrons. The highest BCUT2D eigenvalue weighted by molar-refractivity contribution is 7.99. The van der Waals surface area contributed by atoms with E-state index >= 15 is 0 Å². The topological polar surface area (TPSA) is 24.9 Å². The third-order valence-corrected chi connectivity index (χ3v) is 5.24. The quantitative estimate of drug-likeness (QED) is 0.914. The van der Waals surface area contributed by atoms with E-state index in [-0.39, 0.29) is 0 Å². The summed E-state index contributed by atoms with van der Waals surface area (Å²) < 4.78 is 0. The minimum absolute atomic E-state index is 0.841. The molecule has 4 heteroatoms. The van der Waals surface area contributed by atoms with Gasteiger partial charge in [-0.05, 0) is 48.1 Å². The van der Waals surface area contributed by atoms with E-state index in [0.29, 0.717) is 0 Å². The van der Waals surface area contributed by atoms with Crippen molar-refractivity contribution in [1.29, 1.82) is 0 Å². The number of rotatable bonds is 4. The molecule has 2 nitrogen and oxygen atoms in total. The molecule has 2 aromatic rings. The minimum Gasteiger partial charge on any atom is -0.385 e. The average molecular weight is 276 g/mol. The zero-order valence-electron chi connectivity index (χ0n) is 10.1. The van der Waals surface area contributed by atoms with E-state index in [0.717, 1.165) is 17.5 Å². The van der Waals surface area contributed by atoms with Crippen LogP contribution in [-0.2, 0) is 0 Å². The Morgan fingerprint density at radius 3 is 2.83 bits per heavy atom. The van der Waals surface area contributed by atoms with Crippen LogP contribution in [0, 0.1) is 5.92 Å². The fourth-order valence-corrected chi connectivity index (χ4v) is 4.03. The predicted octanol–water partition coefficient (Wildman–Crippen LogP) is 3.98. The Morgan fingerprint density at radius 1 is 1.28 bits per heavy atom. The minimum atomic E-state index is 0.841. The van der Waals surface area contributed by atoms with Crippen LogP contribution < -0.4 is 5.32 Å². The summed E-state index contributed by atoms with van der Waals surface area (Å²) in [6, 6.07) is 8.59. The molecule has 1 N–H and O–H groups in total. The number of nitrogens with zero attached hydrogens (tertiary/aromatic N) is 1. The van der Waals surface area contributed by atoms with Gasteiger partial charge in [-0.3, -0.25) is 0 Å². The SMILES string of the molecule is c1csc(-c2ccc(NCC3CCSC3)cc2)n1. The van der Waals surface area contributed by atoms with Crippen molar-refractivity contribution < 1.29 is 0 Å². The maximum atomic E-state index is 4.32. The second-order valence-corrected chi connectivity index (χ2v) is 6.57. The molecule has 1 unspecified atom stereocenters. The predicted molar refractivity (Wildman–Crippen MR) is 81.5 cm³/mol. The fourth-order valence-electron chi connectivity index (χ4n) is 2.10. The van der Waals surface area contributed by atoms with Crippen LogP contribution in [-0.4, -0.2) is 23.0 Å². The largest absolute Gasteiger partial charge is 0.385 e. The van der Waals surface area contributed by atoms with Crippen molar-refractivity contribution in [3.8, 4) is 10.6 Å². The molecule has 94 valence electrons. The van der Waals surface area contributed by atoms with E-state index in [1.54, 1.807) is 11.3 Å². The van der Waals surface area contributed by atoms with E-state index in [4.69, 9.17) is 0 Å². The van der Waals surface area contributed by atoms with Gasteiger partial charge in [0.25, 0.3) is 0 Å². The van der Waals surface area contributed by atoms with Gasteiger partial charge in [0.2, 0.25) is 0 Å². The number of hydrogen-bond acceptors (Lipinski definition) is 4. The monoisotopic (exact) mass is 276 g/mol. The fraction of sp³-hybridized carbons (Fsp3) is 0.357. The Morgan fingerprint density at radius 2 is 2.17 bits per heavy atom. The van der Waals surface area contributed by atoms with Crippen molar-refractivity contribution in [2.75, 3.05) is 23.4 Å². The summed E-state index contributed by atoms with van der Waals surface area (Å²) >= 11 is 3.75. The van der Waals surface area contributed by atoms with Crippen LogP contribution in [0.3, 0.4) is 0 Å². The Balaban J connectivity index is 1.60. The first kappa shape index (κ1) is 12.1. The molecule has 1 atom stereocenters. The summed E-state index contributed by atoms with van der Waals surface area (Å²) in [6.07, 6.45) is 3.21. The average Bonchev–Trinajstić information content (AvgIpc) is 3.10. The van der Waals surface area contributed by atoms with Gasteiger partial charge < -0.3 is 5.32 Å². The third-order valence-electron chi connectivity index (χ3n) is 3.18. The van der Waals surface area contributed by atoms with Gasteiger partial charge in [0.15, 0.2) is 0 Å². The van der Waals surface area contributed by atoms with E-state index in [1.165, 1.54) is 29.2 Å². The third kappa shape index (κ3) is 2.87. The van der Waals surface area contributed by atoms with Gasteiger partial charge in [-0.1, -0.05) is 0 Å². The molecule has 1 aliphatic heterocycles. The summed E-state index contributed by atoms with van der Waals surface area (Å²) in [5.74, 6) is 3.48. The summed E-state index contributed by atoms with van der Waals surface area (Å²) in [6.45, 7) is 1.10. The Labute approximate surface area is 116 Å². The van der Waals surface area contributed by atoms with Crippen molar-refractivity contribution in [3.05, 3.63) is 35.8 Å². The summed E-state index contributed by atoms with van der Waals surface area (Å²) in [7, 11) is 0. The first-order valence-electron chi connectivity index (χ1n) is 6.23. The molecule has 2 heterocycles. The summed E-state index contributed by atoms with van der Waals surface area (Å²) in [5.41, 5.74) is 2.42. The van der Waals surface area contributed by atoms with Gasteiger partial charge in [-0.2, -0.15) is 11.8 Å². The van der Waals surface area contributed by atoms with Gasteiger partial charge >= 0.3 is 0 Å². The lowest BCUT2D eigenvalue weighted by molar-refractivity contribution is 0.632. The molecule has 0 saturated carbocycles. The lowest BCUT2D eigenvalue weighted by atomic mass is 10.1. The van der Waals surface area contributed by atoms with Crippen molar-refractivity contribution in [2.24, 2.45) is 5.92 Å². The van der Waals surface area contributed by atoms with Gasteiger partial charge in [-0.25, -0.2) is 4.98 Å². The zero-order chi connectivity index (χ0) is 12.2. The number of thioether (sulfide) groups is 1. The lowest BCUT2D eigenvalue weighted by Crippen LogP contribution is -2.13. The molecule has 0 bridgehead atoms. The Bertz CT molecular complexity index is 473. The number of nitrogens with one attached hydrogen (secondary N) is 1. The van der Waals surface area contributed by atoms with Gasteiger partial charge in [-0.15, -0.1) is 11.3 Å². The second kappa shape index (κ2) is 5.76. The van der Waals surface area contributed by atoms with Crippen LogP contribution in [0.5, 0.6) is 0 Å². The smallest absolute Gasteiger partial charge is 0.123 e.